The van der Waals surface area contributed by atoms with Gasteiger partial charge >= 0.3 is 0 Å². The van der Waals surface area contributed by atoms with E-state index in [2.05, 4.69) is 39.6 Å². The highest BCUT2D eigenvalue weighted by atomic mass is 32.3. The second-order valence-electron chi connectivity index (χ2n) is 7.66. The monoisotopic (exact) mass is 436 g/mol. The van der Waals surface area contributed by atoms with Crippen LogP contribution < -0.4 is 4.72 Å². The second-order valence-corrected chi connectivity index (χ2v) is 11.7. The predicted molar refractivity (Wildman–Crippen MR) is 115 cm³/mol. The average Bonchev–Trinajstić information content (AvgIpc) is 3.24. The molecule has 1 unspecified atom stereocenters. The molecule has 0 bridgehead atoms. The number of pyridine rings is 2. The first-order valence-electron chi connectivity index (χ1n) is 9.34. The molecule has 0 spiro atoms. The van der Waals surface area contributed by atoms with Crippen molar-refractivity contribution in [2.45, 2.75) is 37.1 Å². The summed E-state index contributed by atoms with van der Waals surface area (Å²) >= 11 is 0. The van der Waals surface area contributed by atoms with E-state index in [0.717, 1.165) is 22.3 Å². The van der Waals surface area contributed by atoms with Crippen molar-refractivity contribution >= 4 is 31.6 Å². The van der Waals surface area contributed by atoms with Gasteiger partial charge in [0.15, 0.2) is 0 Å². The normalized spacial score (nSPS) is 20.4. The summed E-state index contributed by atoms with van der Waals surface area (Å²) in [6, 6.07) is 6.62. The van der Waals surface area contributed by atoms with Crippen LogP contribution in [0.1, 0.15) is 31.9 Å². The number of hydrogen-bond acceptors (Lipinski definition) is 6. The molecule has 3 aromatic heterocycles. The highest BCUT2D eigenvalue weighted by Crippen LogP contribution is 2.45. The van der Waals surface area contributed by atoms with Crippen molar-refractivity contribution in [3.63, 3.8) is 0 Å². The smallest absolute Gasteiger partial charge is 0.242 e. The van der Waals surface area contributed by atoms with E-state index in [4.69, 9.17) is 0 Å². The molecule has 29 heavy (non-hydrogen) atoms. The molecule has 0 aromatic carbocycles. The summed E-state index contributed by atoms with van der Waals surface area (Å²) in [6.07, 6.45) is 3.44. The van der Waals surface area contributed by atoms with Crippen molar-refractivity contribution in [3.8, 4) is 11.3 Å². The molecule has 1 aliphatic rings. The lowest BCUT2D eigenvalue weighted by atomic mass is 10.1. The molecular weight excluding hydrogens is 412 g/mol. The Kier molecular flexibility index (Phi) is 5.16. The molecule has 156 valence electrons. The molecule has 1 saturated heterocycles. The number of H-pyrrole nitrogens is 1. The average molecular weight is 437 g/mol. The molecule has 4 heterocycles. The maximum absolute atomic E-state index is 12.6. The lowest BCUT2D eigenvalue weighted by Gasteiger charge is -2.26. The van der Waals surface area contributed by atoms with Crippen LogP contribution in [-0.4, -0.2) is 50.0 Å². The first kappa shape index (κ1) is 20.3. The van der Waals surface area contributed by atoms with Crippen LogP contribution in [0.5, 0.6) is 0 Å². The van der Waals surface area contributed by atoms with E-state index in [0.29, 0.717) is 18.0 Å². The third-order valence-corrected chi connectivity index (χ3v) is 8.41. The van der Waals surface area contributed by atoms with E-state index >= 15 is 0 Å². The van der Waals surface area contributed by atoms with E-state index in [-0.39, 0.29) is 16.4 Å². The molecule has 8 nitrogen and oxygen atoms in total. The number of nitrogens with one attached hydrogen (secondary N) is 2. The van der Waals surface area contributed by atoms with Gasteiger partial charge in [0.2, 0.25) is 10.0 Å². The zero-order valence-corrected chi connectivity index (χ0v) is 17.8. The summed E-state index contributed by atoms with van der Waals surface area (Å²) < 4.78 is 47.2. The maximum Gasteiger partial charge on any atom is 0.242 e. The summed E-state index contributed by atoms with van der Waals surface area (Å²) in [5.41, 5.74) is 3.37. The number of aromatic amines is 1. The fourth-order valence-corrected chi connectivity index (χ4v) is 6.52. The molecule has 1 fully saturated rings. The number of rotatable bonds is 5. The molecule has 10 heteroatoms. The zero-order valence-electron chi connectivity index (χ0n) is 16.2. The minimum Gasteiger partial charge on any atom is -0.343 e. The SMILES string of the molecule is CC(C)c1cc2c(-c3ccc(S(=O)(=O)NC4CCS(O)(O)C4)cn3)ccnc2[nH]1. The van der Waals surface area contributed by atoms with Gasteiger partial charge in [-0.1, -0.05) is 13.8 Å². The summed E-state index contributed by atoms with van der Waals surface area (Å²) in [7, 11) is -6.45. The Labute approximate surface area is 171 Å². The van der Waals surface area contributed by atoms with Crippen LogP contribution >= 0.6 is 10.6 Å². The Morgan fingerprint density at radius 2 is 2.03 bits per heavy atom. The van der Waals surface area contributed by atoms with E-state index in [1.54, 1.807) is 12.3 Å². The molecule has 0 amide bonds. The lowest BCUT2D eigenvalue weighted by molar-refractivity contribution is 0.494. The van der Waals surface area contributed by atoms with Crippen molar-refractivity contribution in [2.24, 2.45) is 0 Å². The van der Waals surface area contributed by atoms with E-state index in [9.17, 15) is 17.5 Å². The number of aromatic nitrogens is 3. The molecule has 1 aliphatic heterocycles. The highest BCUT2D eigenvalue weighted by Gasteiger charge is 2.31. The highest BCUT2D eigenvalue weighted by molar-refractivity contribution is 8.24. The zero-order chi connectivity index (χ0) is 20.8. The molecule has 3 aromatic rings. The van der Waals surface area contributed by atoms with E-state index in [1.807, 2.05) is 6.07 Å². The largest absolute Gasteiger partial charge is 0.343 e. The summed E-state index contributed by atoms with van der Waals surface area (Å²) in [6.45, 7) is 4.19. The van der Waals surface area contributed by atoms with Crippen molar-refractivity contribution < 1.29 is 17.5 Å². The quantitative estimate of drug-likeness (QED) is 0.484. The Hall–Kier alpha value is -1.98. The van der Waals surface area contributed by atoms with Crippen molar-refractivity contribution in [2.75, 3.05) is 11.5 Å². The van der Waals surface area contributed by atoms with Gasteiger partial charge in [-0.3, -0.25) is 14.1 Å². The lowest BCUT2D eigenvalue weighted by Crippen LogP contribution is -2.35. The van der Waals surface area contributed by atoms with Gasteiger partial charge in [0, 0.05) is 40.8 Å². The molecule has 4 rings (SSSR count). The first-order chi connectivity index (χ1) is 13.6. The molecule has 4 N–H and O–H groups in total. The van der Waals surface area contributed by atoms with Crippen molar-refractivity contribution in [3.05, 3.63) is 42.4 Å². The number of hydrogen-bond donors (Lipinski definition) is 4. The summed E-state index contributed by atoms with van der Waals surface area (Å²) in [4.78, 5) is 12.1. The number of fused-ring (bicyclic) bond motifs is 1. The first-order valence-corrected chi connectivity index (χ1v) is 12.7. The Balaban J connectivity index is 1.60. The van der Waals surface area contributed by atoms with Crippen LogP contribution in [0.2, 0.25) is 0 Å². The Bertz CT molecular complexity index is 1140. The van der Waals surface area contributed by atoms with Gasteiger partial charge in [-0.2, -0.15) is 10.6 Å². The second kappa shape index (κ2) is 7.37. The Morgan fingerprint density at radius 3 is 2.66 bits per heavy atom. The van der Waals surface area contributed by atoms with E-state index in [1.165, 1.54) is 12.3 Å². The van der Waals surface area contributed by atoms with Gasteiger partial charge in [-0.15, -0.1) is 0 Å². The number of sulfonamides is 1. The van der Waals surface area contributed by atoms with Gasteiger partial charge in [-0.25, -0.2) is 18.1 Å². The minimum absolute atomic E-state index is 0.0480. The van der Waals surface area contributed by atoms with Crippen LogP contribution in [0.4, 0.5) is 0 Å². The van der Waals surface area contributed by atoms with Crippen molar-refractivity contribution in [1.29, 1.82) is 0 Å². The summed E-state index contributed by atoms with van der Waals surface area (Å²) in [5, 5.41) is 0.939. The van der Waals surface area contributed by atoms with Gasteiger partial charge < -0.3 is 4.98 Å². The molecular formula is C19H24N4O4S2. The van der Waals surface area contributed by atoms with Crippen LogP contribution in [0.3, 0.4) is 0 Å². The van der Waals surface area contributed by atoms with Crippen LogP contribution in [-0.2, 0) is 10.0 Å². The third kappa shape index (κ3) is 4.17. The van der Waals surface area contributed by atoms with Gasteiger partial charge in [-0.05, 0) is 36.6 Å². The van der Waals surface area contributed by atoms with Crippen molar-refractivity contribution in [1.82, 2.24) is 19.7 Å². The minimum atomic E-state index is -3.78. The fourth-order valence-electron chi connectivity index (χ4n) is 3.48. The third-order valence-electron chi connectivity index (χ3n) is 5.08. The molecule has 1 atom stereocenters. The van der Waals surface area contributed by atoms with E-state index < -0.39 is 26.7 Å². The molecule has 0 radical (unpaired) electrons. The van der Waals surface area contributed by atoms with Crippen LogP contribution in [0.15, 0.2) is 41.6 Å². The maximum atomic E-state index is 12.6. The van der Waals surface area contributed by atoms with Gasteiger partial charge in [0.1, 0.15) is 10.5 Å². The predicted octanol–water partition coefficient (Wildman–Crippen LogP) is 3.55. The van der Waals surface area contributed by atoms with Gasteiger partial charge in [0.05, 0.1) is 11.4 Å². The van der Waals surface area contributed by atoms with Crippen LogP contribution in [0, 0.1) is 0 Å². The summed E-state index contributed by atoms with van der Waals surface area (Å²) in [5.74, 6) is 0.612. The Morgan fingerprint density at radius 1 is 1.24 bits per heavy atom. The van der Waals surface area contributed by atoms with Crippen LogP contribution in [0.25, 0.3) is 22.3 Å². The molecule has 0 saturated carbocycles. The van der Waals surface area contributed by atoms with Gasteiger partial charge in [0.25, 0.3) is 0 Å². The fraction of sp³-hybridized carbons (Fsp3) is 0.368. The number of nitrogens with zero attached hydrogens (tertiary/aromatic N) is 2. The molecule has 0 aliphatic carbocycles. The standard InChI is InChI=1S/C19H24N4O4S2/c1-12(2)18-9-16-15(5-7-20-19(16)22-18)17-4-3-14(10-21-17)29(26,27)23-13-6-8-28(24,25)11-13/h3-5,7,9-10,12-13,23-25H,6,8,11H2,1-2H3,(H,20,22). The topological polar surface area (TPSA) is 128 Å².